The Balaban J connectivity index is 1.37. The molecule has 2 aliphatic rings. The van der Waals surface area contributed by atoms with Gasteiger partial charge in [0.1, 0.15) is 36.5 Å². The maximum absolute atomic E-state index is 13.0. The van der Waals surface area contributed by atoms with Crippen LogP contribution >= 0.6 is 23.1 Å². The highest BCUT2D eigenvalue weighted by atomic mass is 32.2. The molecule has 0 aliphatic carbocycles. The van der Waals surface area contributed by atoms with Gasteiger partial charge in [-0.2, -0.15) is 4.68 Å². The Morgan fingerprint density at radius 3 is 2.94 bits per heavy atom. The molecule has 180 valence electrons. The van der Waals surface area contributed by atoms with E-state index in [4.69, 9.17) is 10.6 Å². The first-order chi connectivity index (χ1) is 16.9. The predicted octanol–water partition coefficient (Wildman–Crippen LogP) is 0.0548. The molecule has 0 radical (unpaired) electrons. The minimum Gasteiger partial charge on any atom is -0.477 e. The second kappa shape index (κ2) is 9.03. The summed E-state index contributed by atoms with van der Waals surface area (Å²) in [6, 6.07) is 6.76. The summed E-state index contributed by atoms with van der Waals surface area (Å²) in [4.78, 5) is 48.1. The lowest BCUT2D eigenvalue weighted by Gasteiger charge is -2.49. The molecule has 0 bridgehead atoms. The van der Waals surface area contributed by atoms with Crippen molar-refractivity contribution in [3.8, 4) is 0 Å². The number of amides is 2. The third kappa shape index (κ3) is 4.00. The first-order valence-electron chi connectivity index (χ1n) is 10.4. The number of thiazole rings is 1. The van der Waals surface area contributed by atoms with Gasteiger partial charge in [-0.15, -0.1) is 23.1 Å². The summed E-state index contributed by atoms with van der Waals surface area (Å²) in [5.41, 5.74) is 7.25. The number of carboxylic acid groups (broad SMARTS) is 1. The zero-order valence-corrected chi connectivity index (χ0v) is 20.0. The quantitative estimate of drug-likeness (QED) is 0.173. The molecule has 35 heavy (non-hydrogen) atoms. The third-order valence-corrected chi connectivity index (χ3v) is 7.63. The van der Waals surface area contributed by atoms with Crippen LogP contribution in [0.5, 0.6) is 0 Å². The molecule has 0 unspecified atom stereocenters. The number of nitrogens with two attached hydrogens (primary N) is 1. The highest BCUT2D eigenvalue weighted by Crippen LogP contribution is 2.40. The van der Waals surface area contributed by atoms with Gasteiger partial charge in [0.2, 0.25) is 11.7 Å². The van der Waals surface area contributed by atoms with Crippen LogP contribution in [-0.2, 0) is 25.8 Å². The molecule has 3 aromatic rings. The van der Waals surface area contributed by atoms with Crippen molar-refractivity contribution in [1.82, 2.24) is 19.9 Å². The van der Waals surface area contributed by atoms with Crippen LogP contribution in [0.1, 0.15) is 5.69 Å². The minimum atomic E-state index is -1.19. The average molecular weight is 515 g/mol. The molecule has 1 fully saturated rings. The molecular weight excluding hydrogens is 494 g/mol. The largest absolute Gasteiger partial charge is 0.477 e. The molecule has 0 saturated carbocycles. The van der Waals surface area contributed by atoms with E-state index >= 15 is 0 Å². The van der Waals surface area contributed by atoms with Crippen molar-refractivity contribution < 1.29 is 28.8 Å². The number of hydrogen-bond donors (Lipinski definition) is 3. The lowest BCUT2D eigenvalue weighted by Crippen LogP contribution is -2.71. The number of aliphatic carboxylic acids is 1. The monoisotopic (exact) mass is 514 g/mol. The van der Waals surface area contributed by atoms with Crippen molar-refractivity contribution in [3.63, 3.8) is 0 Å². The number of nitrogen functional groups attached to an aromatic ring is 1. The van der Waals surface area contributed by atoms with E-state index < -0.39 is 29.2 Å². The summed E-state index contributed by atoms with van der Waals surface area (Å²) in [5, 5.41) is 17.6. The second-order valence-corrected chi connectivity index (χ2v) is 9.69. The molecule has 2 aliphatic heterocycles. The Morgan fingerprint density at radius 2 is 2.23 bits per heavy atom. The molecule has 0 spiro atoms. The highest BCUT2D eigenvalue weighted by Gasteiger charge is 2.54. The van der Waals surface area contributed by atoms with E-state index in [1.54, 1.807) is 5.38 Å². The number of β-lactam (4-membered cyclic amide) rings is 1. The molecular formula is C21H20N7O5S2+. The van der Waals surface area contributed by atoms with Crippen molar-refractivity contribution in [2.24, 2.45) is 5.16 Å². The van der Waals surface area contributed by atoms with Crippen LogP contribution in [0, 0.1) is 0 Å². The number of aromatic nitrogens is 3. The number of hydrogen-bond acceptors (Lipinski definition) is 9. The van der Waals surface area contributed by atoms with E-state index in [1.165, 1.54) is 23.8 Å². The fourth-order valence-corrected chi connectivity index (χ4v) is 5.96. The molecule has 4 N–H and O–H groups in total. The Bertz CT molecular complexity index is 1410. The summed E-state index contributed by atoms with van der Waals surface area (Å²) in [7, 11) is 1.29. The number of carboxylic acids is 1. The standard InChI is InChI=1S/C21H19N7O5S2/c1-33-25-14(13-10-35-21(22)23-13)17(29)24-15-18(30)28-16(20(31)32)11(9-34-19(15)28)8-26-7-5-12-4-2-3-6-27(12)26/h2-7,10,15,19H,8-9H2,1H3,(H3-,22,23,24,29,31,32)/p+1/b25-14-/t15-,19-/m1/s1. The Hall–Kier alpha value is -3.91. The number of thioether (sulfide) groups is 1. The molecule has 3 aromatic heterocycles. The first kappa shape index (κ1) is 22.9. The van der Waals surface area contributed by atoms with Gasteiger partial charge in [-0.3, -0.25) is 14.5 Å². The van der Waals surface area contributed by atoms with Gasteiger partial charge in [-0.05, 0) is 11.6 Å². The predicted molar refractivity (Wildman–Crippen MR) is 127 cm³/mol. The maximum Gasteiger partial charge on any atom is 0.352 e. The van der Waals surface area contributed by atoms with Gasteiger partial charge >= 0.3 is 5.97 Å². The zero-order valence-electron chi connectivity index (χ0n) is 18.3. The number of pyridine rings is 1. The first-order valence-corrected chi connectivity index (χ1v) is 12.3. The SMILES string of the molecule is CO/N=C(\C(=O)N[C@@H]1C(=O)N2C(C(=O)O)=C(Cn3ccc4cccc[n+]43)CS[C@H]12)c1csc(N)n1. The number of nitrogens with zero attached hydrogens (tertiary/aromatic N) is 5. The highest BCUT2D eigenvalue weighted by molar-refractivity contribution is 8.00. The topological polar surface area (TPSA) is 156 Å². The summed E-state index contributed by atoms with van der Waals surface area (Å²) in [6.45, 7) is 0.302. The van der Waals surface area contributed by atoms with Gasteiger partial charge in [-0.25, -0.2) is 9.78 Å². The van der Waals surface area contributed by atoms with Crippen LogP contribution < -0.4 is 15.6 Å². The van der Waals surface area contributed by atoms with Crippen LogP contribution in [0.2, 0.25) is 0 Å². The molecule has 5 heterocycles. The fourth-order valence-electron chi connectivity index (χ4n) is 4.08. The van der Waals surface area contributed by atoms with E-state index in [9.17, 15) is 19.5 Å². The number of oxime groups is 1. The number of rotatable bonds is 7. The minimum absolute atomic E-state index is 0.0549. The lowest BCUT2D eigenvalue weighted by atomic mass is 10.0. The van der Waals surface area contributed by atoms with Gasteiger partial charge in [0.25, 0.3) is 11.8 Å². The summed E-state index contributed by atoms with van der Waals surface area (Å²) in [6.07, 6.45) is 3.74. The number of carbonyl (C=O) groups is 3. The molecule has 5 rings (SSSR count). The Labute approximate surface area is 206 Å². The average Bonchev–Trinajstić information content (AvgIpc) is 3.46. The van der Waals surface area contributed by atoms with Crippen LogP contribution in [0.25, 0.3) is 5.52 Å². The van der Waals surface area contributed by atoms with Crippen molar-refractivity contribution in [2.45, 2.75) is 18.0 Å². The van der Waals surface area contributed by atoms with Gasteiger partial charge in [0.15, 0.2) is 10.8 Å². The summed E-state index contributed by atoms with van der Waals surface area (Å²) >= 11 is 2.53. The lowest BCUT2D eigenvalue weighted by molar-refractivity contribution is -0.609. The van der Waals surface area contributed by atoms with E-state index in [1.807, 2.05) is 45.9 Å². The summed E-state index contributed by atoms with van der Waals surface area (Å²) in [5.74, 6) is -1.98. The molecule has 1 saturated heterocycles. The van der Waals surface area contributed by atoms with Gasteiger partial charge < -0.3 is 21.0 Å². The van der Waals surface area contributed by atoms with Crippen molar-refractivity contribution >= 4 is 57.2 Å². The zero-order chi connectivity index (χ0) is 24.7. The molecule has 12 nitrogen and oxygen atoms in total. The smallest absolute Gasteiger partial charge is 0.352 e. The molecule has 0 aromatic carbocycles. The molecule has 14 heteroatoms. The number of carbonyl (C=O) groups excluding carboxylic acids is 2. The number of anilines is 1. The number of nitrogens with one attached hydrogen (secondary N) is 1. The second-order valence-electron chi connectivity index (χ2n) is 7.70. The number of fused-ring (bicyclic) bond motifs is 2. The van der Waals surface area contributed by atoms with Crippen LogP contribution in [0.15, 0.2) is 58.5 Å². The van der Waals surface area contributed by atoms with Crippen LogP contribution in [0.4, 0.5) is 5.13 Å². The van der Waals surface area contributed by atoms with Gasteiger partial charge in [0.05, 0.1) is 6.20 Å². The van der Waals surface area contributed by atoms with Gasteiger partial charge in [0, 0.05) is 29.3 Å². The van der Waals surface area contributed by atoms with E-state index in [0.717, 1.165) is 16.9 Å². The van der Waals surface area contributed by atoms with E-state index in [2.05, 4.69) is 15.5 Å². The normalized spacial score (nSPS) is 20.0. The molecule has 2 amide bonds. The Kier molecular flexibility index (Phi) is 5.90. The van der Waals surface area contributed by atoms with Crippen molar-refractivity contribution in [1.29, 1.82) is 0 Å². The fraction of sp³-hybridized carbons (Fsp3) is 0.238. The Morgan fingerprint density at radius 1 is 1.40 bits per heavy atom. The van der Waals surface area contributed by atoms with Crippen LogP contribution in [-0.4, -0.2) is 67.4 Å². The van der Waals surface area contributed by atoms with Crippen molar-refractivity contribution in [3.05, 3.63) is 59.0 Å². The van der Waals surface area contributed by atoms with E-state index in [-0.39, 0.29) is 22.2 Å². The van der Waals surface area contributed by atoms with Gasteiger partial charge in [-0.1, -0.05) is 9.67 Å². The summed E-state index contributed by atoms with van der Waals surface area (Å²) < 4.78 is 3.79. The third-order valence-electron chi connectivity index (χ3n) is 5.62. The molecule has 2 atom stereocenters. The maximum atomic E-state index is 13.0. The van der Waals surface area contributed by atoms with E-state index in [0.29, 0.717) is 17.9 Å². The van der Waals surface area contributed by atoms with Crippen molar-refractivity contribution in [2.75, 3.05) is 18.6 Å². The van der Waals surface area contributed by atoms with Crippen LogP contribution in [0.3, 0.4) is 0 Å².